The zero-order chi connectivity index (χ0) is 12.6. The summed E-state index contributed by atoms with van der Waals surface area (Å²) in [7, 11) is 0. The van der Waals surface area contributed by atoms with Crippen molar-refractivity contribution < 1.29 is 4.79 Å². The van der Waals surface area contributed by atoms with Crippen LogP contribution in [0.4, 0.5) is 5.69 Å². The summed E-state index contributed by atoms with van der Waals surface area (Å²) in [6.45, 7) is 6.70. The lowest BCUT2D eigenvalue weighted by atomic mass is 9.98. The van der Waals surface area contributed by atoms with Gasteiger partial charge in [0.05, 0.1) is 11.9 Å². The maximum absolute atomic E-state index is 12.2. The smallest absolute Gasteiger partial charge is 0.272 e. The van der Waals surface area contributed by atoms with E-state index < -0.39 is 0 Å². The molecule has 0 spiro atoms. The van der Waals surface area contributed by atoms with E-state index >= 15 is 0 Å². The largest absolute Gasteiger partial charge is 0.396 e. The molecule has 1 amide bonds. The van der Waals surface area contributed by atoms with Crippen LogP contribution in [0.5, 0.6) is 0 Å². The molecule has 5 heteroatoms. The molecule has 0 aliphatic heterocycles. The maximum Gasteiger partial charge on any atom is 0.272 e. The summed E-state index contributed by atoms with van der Waals surface area (Å²) < 4.78 is 1.63. The zero-order valence-corrected chi connectivity index (χ0v) is 10.7. The van der Waals surface area contributed by atoms with Crippen LogP contribution in [0.15, 0.2) is 6.20 Å². The second-order valence-corrected chi connectivity index (χ2v) is 5.21. The Hall–Kier alpha value is -1.52. The quantitative estimate of drug-likeness (QED) is 0.830. The molecule has 0 atom stereocenters. The van der Waals surface area contributed by atoms with Gasteiger partial charge >= 0.3 is 0 Å². The number of amides is 1. The van der Waals surface area contributed by atoms with Crippen molar-refractivity contribution in [1.29, 1.82) is 0 Å². The van der Waals surface area contributed by atoms with E-state index in [1.165, 1.54) is 19.0 Å². The van der Waals surface area contributed by atoms with E-state index in [1.807, 2.05) is 6.92 Å². The van der Waals surface area contributed by atoms with E-state index in [0.29, 0.717) is 23.8 Å². The topological polar surface area (TPSA) is 72.9 Å². The van der Waals surface area contributed by atoms with Gasteiger partial charge in [0.15, 0.2) is 0 Å². The van der Waals surface area contributed by atoms with E-state index in [1.54, 1.807) is 4.68 Å². The van der Waals surface area contributed by atoms with Crippen LogP contribution >= 0.6 is 0 Å². The number of nitrogens with two attached hydrogens (primary N) is 1. The number of anilines is 1. The lowest BCUT2D eigenvalue weighted by Gasteiger charge is -2.26. The fourth-order valence-corrected chi connectivity index (χ4v) is 2.15. The summed E-state index contributed by atoms with van der Waals surface area (Å²) >= 11 is 0. The predicted molar refractivity (Wildman–Crippen MR) is 66.6 cm³/mol. The van der Waals surface area contributed by atoms with Crippen LogP contribution in [0.2, 0.25) is 0 Å². The Morgan fingerprint density at radius 2 is 2.29 bits per heavy atom. The minimum atomic E-state index is -0.160. The first kappa shape index (κ1) is 12.0. The number of rotatable bonds is 4. The Balaban J connectivity index is 2.16. The molecule has 1 aliphatic carbocycles. The van der Waals surface area contributed by atoms with Crippen LogP contribution in [0, 0.1) is 5.92 Å². The van der Waals surface area contributed by atoms with Gasteiger partial charge in [-0.3, -0.25) is 9.48 Å². The van der Waals surface area contributed by atoms with E-state index in [9.17, 15) is 4.79 Å². The highest BCUT2D eigenvalue weighted by Gasteiger charge is 2.39. The van der Waals surface area contributed by atoms with Crippen molar-refractivity contribution in [2.24, 2.45) is 5.92 Å². The third-order valence-corrected chi connectivity index (χ3v) is 3.42. The lowest BCUT2D eigenvalue weighted by molar-refractivity contribution is 0.0893. The number of carbonyl (C=O) groups is 1. The maximum atomic E-state index is 12.2. The fraction of sp³-hybridized carbons (Fsp3) is 0.667. The molecule has 0 radical (unpaired) electrons. The zero-order valence-electron chi connectivity index (χ0n) is 10.7. The highest BCUT2D eigenvalue weighted by molar-refractivity contribution is 5.97. The van der Waals surface area contributed by atoms with Gasteiger partial charge in [-0.1, -0.05) is 0 Å². The number of nitrogens with zero attached hydrogens (tertiary/aromatic N) is 2. The minimum absolute atomic E-state index is 0.126. The molecule has 2 rings (SSSR count). The number of aryl methyl sites for hydroxylation is 1. The SMILES string of the molecule is CCn1ncc(N)c1C(=O)NC(C)(C)C1CC1. The van der Waals surface area contributed by atoms with Gasteiger partial charge in [0, 0.05) is 12.1 Å². The average Bonchev–Trinajstić information content (AvgIpc) is 3.02. The van der Waals surface area contributed by atoms with Gasteiger partial charge in [0.1, 0.15) is 5.69 Å². The molecule has 17 heavy (non-hydrogen) atoms. The predicted octanol–water partition coefficient (Wildman–Crippen LogP) is 1.40. The summed E-state index contributed by atoms with van der Waals surface area (Å²) in [4.78, 5) is 12.2. The number of hydrogen-bond acceptors (Lipinski definition) is 3. The van der Waals surface area contributed by atoms with Crippen LogP contribution in [0.1, 0.15) is 44.1 Å². The number of aromatic nitrogens is 2. The first-order chi connectivity index (χ1) is 7.95. The van der Waals surface area contributed by atoms with E-state index in [0.717, 1.165) is 0 Å². The van der Waals surface area contributed by atoms with Gasteiger partial charge in [-0.25, -0.2) is 0 Å². The molecular weight excluding hydrogens is 216 g/mol. The second kappa shape index (κ2) is 4.05. The highest BCUT2D eigenvalue weighted by Crippen LogP contribution is 2.39. The van der Waals surface area contributed by atoms with Crippen molar-refractivity contribution in [2.45, 2.75) is 45.7 Å². The first-order valence-electron chi connectivity index (χ1n) is 6.09. The van der Waals surface area contributed by atoms with Gasteiger partial charge in [0.25, 0.3) is 5.91 Å². The van der Waals surface area contributed by atoms with Crippen LogP contribution in [-0.4, -0.2) is 21.2 Å². The number of carbonyl (C=O) groups excluding carboxylic acids is 1. The second-order valence-electron chi connectivity index (χ2n) is 5.21. The summed E-state index contributed by atoms with van der Waals surface area (Å²) in [5, 5.41) is 7.13. The highest BCUT2D eigenvalue weighted by atomic mass is 16.2. The Morgan fingerprint density at radius 1 is 1.65 bits per heavy atom. The normalized spacial score (nSPS) is 15.9. The molecule has 0 unspecified atom stereocenters. The van der Waals surface area contributed by atoms with Gasteiger partial charge < -0.3 is 11.1 Å². The van der Waals surface area contributed by atoms with Crippen LogP contribution in [0.25, 0.3) is 0 Å². The summed E-state index contributed by atoms with van der Waals surface area (Å²) in [5.41, 5.74) is 6.54. The summed E-state index contributed by atoms with van der Waals surface area (Å²) in [6.07, 6.45) is 3.91. The molecule has 94 valence electrons. The van der Waals surface area contributed by atoms with E-state index in [2.05, 4.69) is 24.3 Å². The third-order valence-electron chi connectivity index (χ3n) is 3.42. The molecule has 1 aliphatic rings. The fourth-order valence-electron chi connectivity index (χ4n) is 2.15. The summed E-state index contributed by atoms with van der Waals surface area (Å²) in [6, 6.07) is 0. The molecule has 1 aromatic rings. The molecule has 1 saturated carbocycles. The van der Waals surface area contributed by atoms with E-state index in [-0.39, 0.29) is 11.4 Å². The molecule has 1 aromatic heterocycles. The Bertz CT molecular complexity index is 432. The van der Waals surface area contributed by atoms with Gasteiger partial charge in [-0.15, -0.1) is 0 Å². The Morgan fingerprint density at radius 3 is 2.82 bits per heavy atom. The monoisotopic (exact) mass is 236 g/mol. The molecule has 3 N–H and O–H groups in total. The lowest BCUT2D eigenvalue weighted by Crippen LogP contribution is -2.46. The van der Waals surface area contributed by atoms with Crippen molar-refractivity contribution in [2.75, 3.05) is 5.73 Å². The minimum Gasteiger partial charge on any atom is -0.396 e. The first-order valence-corrected chi connectivity index (χ1v) is 6.09. The summed E-state index contributed by atoms with van der Waals surface area (Å²) in [5.74, 6) is 0.462. The van der Waals surface area contributed by atoms with Crippen molar-refractivity contribution in [3.63, 3.8) is 0 Å². The third kappa shape index (κ3) is 2.28. The average molecular weight is 236 g/mol. The van der Waals surface area contributed by atoms with Crippen molar-refractivity contribution in [3.05, 3.63) is 11.9 Å². The van der Waals surface area contributed by atoms with Crippen molar-refractivity contribution in [3.8, 4) is 0 Å². The van der Waals surface area contributed by atoms with Crippen molar-refractivity contribution >= 4 is 11.6 Å². The standard InChI is InChI=1S/C12H20N4O/c1-4-16-10(9(13)7-14-16)11(17)15-12(2,3)8-5-6-8/h7-8H,4-6,13H2,1-3H3,(H,15,17). The Labute approximate surface area is 101 Å². The van der Waals surface area contributed by atoms with Crippen molar-refractivity contribution in [1.82, 2.24) is 15.1 Å². The molecule has 0 aromatic carbocycles. The van der Waals surface area contributed by atoms with E-state index in [4.69, 9.17) is 5.73 Å². The molecule has 0 bridgehead atoms. The molecular formula is C12H20N4O. The van der Waals surface area contributed by atoms with Gasteiger partial charge in [-0.2, -0.15) is 5.10 Å². The molecule has 5 nitrogen and oxygen atoms in total. The molecule has 1 heterocycles. The van der Waals surface area contributed by atoms with Gasteiger partial charge in [0.2, 0.25) is 0 Å². The van der Waals surface area contributed by atoms with Crippen LogP contribution in [-0.2, 0) is 6.54 Å². The van der Waals surface area contributed by atoms with Crippen LogP contribution < -0.4 is 11.1 Å². The number of nitrogens with one attached hydrogen (secondary N) is 1. The van der Waals surface area contributed by atoms with Gasteiger partial charge in [-0.05, 0) is 39.5 Å². The molecule has 1 fully saturated rings. The Kier molecular flexibility index (Phi) is 2.85. The number of nitrogen functional groups attached to an aromatic ring is 1. The van der Waals surface area contributed by atoms with Crippen LogP contribution in [0.3, 0.4) is 0 Å². The molecule has 0 saturated heterocycles. The number of hydrogen-bond donors (Lipinski definition) is 2.